The molecule has 0 aliphatic heterocycles. The Labute approximate surface area is 131 Å². The molecule has 0 aromatic rings. The standard InChI is InChI=1S/C17H28BrNO/c1-17(2,3-4-18)10-19-16(20)15-13-6-11-5-12(8-13)9-14(15)7-11/h11-15H,3-10H2,1-2H3,(H,19,20). The molecule has 0 saturated heterocycles. The minimum Gasteiger partial charge on any atom is -0.355 e. The molecule has 4 fully saturated rings. The molecule has 0 aromatic heterocycles. The Kier molecular flexibility index (Phi) is 4.18. The number of hydrogen-bond acceptors (Lipinski definition) is 1. The molecule has 20 heavy (non-hydrogen) atoms. The summed E-state index contributed by atoms with van der Waals surface area (Å²) in [4.78, 5) is 12.7. The van der Waals surface area contributed by atoms with Gasteiger partial charge in [-0.05, 0) is 67.6 Å². The van der Waals surface area contributed by atoms with Crippen LogP contribution < -0.4 is 5.32 Å². The first-order valence-electron chi connectivity index (χ1n) is 8.32. The summed E-state index contributed by atoms with van der Waals surface area (Å²) in [5, 5.41) is 4.28. The molecular weight excluding hydrogens is 314 g/mol. The van der Waals surface area contributed by atoms with Crippen LogP contribution in [-0.4, -0.2) is 17.8 Å². The van der Waals surface area contributed by atoms with Gasteiger partial charge in [-0.3, -0.25) is 4.79 Å². The monoisotopic (exact) mass is 341 g/mol. The van der Waals surface area contributed by atoms with Crippen LogP contribution in [0.3, 0.4) is 0 Å². The Morgan fingerprint density at radius 2 is 1.65 bits per heavy atom. The Hall–Kier alpha value is -0.0500. The smallest absolute Gasteiger partial charge is 0.223 e. The summed E-state index contributed by atoms with van der Waals surface area (Å²) >= 11 is 3.51. The van der Waals surface area contributed by atoms with E-state index in [1.54, 1.807) is 0 Å². The topological polar surface area (TPSA) is 29.1 Å². The van der Waals surface area contributed by atoms with E-state index in [4.69, 9.17) is 0 Å². The lowest BCUT2D eigenvalue weighted by Crippen LogP contribution is -2.51. The van der Waals surface area contributed by atoms with Gasteiger partial charge in [-0.15, -0.1) is 0 Å². The van der Waals surface area contributed by atoms with Gasteiger partial charge in [-0.2, -0.15) is 0 Å². The number of hydrogen-bond donors (Lipinski definition) is 1. The number of carbonyl (C=O) groups is 1. The Morgan fingerprint density at radius 3 is 2.15 bits per heavy atom. The first-order chi connectivity index (χ1) is 9.48. The lowest BCUT2D eigenvalue weighted by molar-refractivity contribution is -0.138. The first-order valence-corrected chi connectivity index (χ1v) is 9.44. The highest BCUT2D eigenvalue weighted by Crippen LogP contribution is 2.56. The summed E-state index contributed by atoms with van der Waals surface area (Å²) in [6.45, 7) is 5.30. The Balaban J connectivity index is 1.58. The van der Waals surface area contributed by atoms with Gasteiger partial charge in [-0.1, -0.05) is 29.8 Å². The predicted octanol–water partition coefficient (Wildman–Crippen LogP) is 3.99. The molecular formula is C17H28BrNO. The van der Waals surface area contributed by atoms with Crippen LogP contribution in [0.2, 0.25) is 0 Å². The van der Waals surface area contributed by atoms with Crippen molar-refractivity contribution < 1.29 is 4.79 Å². The molecule has 2 nitrogen and oxygen atoms in total. The van der Waals surface area contributed by atoms with E-state index in [2.05, 4.69) is 35.1 Å². The van der Waals surface area contributed by atoms with Gasteiger partial charge in [0.2, 0.25) is 5.91 Å². The summed E-state index contributed by atoms with van der Waals surface area (Å²) in [6, 6.07) is 0. The largest absolute Gasteiger partial charge is 0.355 e. The fourth-order valence-electron chi connectivity index (χ4n) is 5.14. The van der Waals surface area contributed by atoms with Crippen LogP contribution in [0.5, 0.6) is 0 Å². The van der Waals surface area contributed by atoms with E-state index >= 15 is 0 Å². The Morgan fingerprint density at radius 1 is 1.10 bits per heavy atom. The summed E-state index contributed by atoms with van der Waals surface area (Å²) in [5.74, 6) is 4.00. The molecule has 0 atom stereocenters. The molecule has 4 aliphatic carbocycles. The molecule has 0 heterocycles. The van der Waals surface area contributed by atoms with Crippen LogP contribution in [0.4, 0.5) is 0 Å². The maximum Gasteiger partial charge on any atom is 0.223 e. The van der Waals surface area contributed by atoms with Gasteiger partial charge in [0.15, 0.2) is 0 Å². The van der Waals surface area contributed by atoms with Gasteiger partial charge in [0, 0.05) is 17.8 Å². The van der Waals surface area contributed by atoms with Gasteiger partial charge in [-0.25, -0.2) is 0 Å². The molecule has 0 unspecified atom stereocenters. The second-order valence-corrected chi connectivity index (χ2v) is 9.07. The maximum atomic E-state index is 12.7. The van der Waals surface area contributed by atoms with Crippen molar-refractivity contribution in [2.45, 2.75) is 52.4 Å². The highest BCUT2D eigenvalue weighted by molar-refractivity contribution is 9.09. The third kappa shape index (κ3) is 2.93. The van der Waals surface area contributed by atoms with E-state index < -0.39 is 0 Å². The van der Waals surface area contributed by atoms with Gasteiger partial charge in [0.25, 0.3) is 0 Å². The first kappa shape index (κ1) is 14.9. The zero-order valence-corrected chi connectivity index (χ0v) is 14.4. The van der Waals surface area contributed by atoms with Gasteiger partial charge in [0.05, 0.1) is 0 Å². The molecule has 4 rings (SSSR count). The third-order valence-corrected chi connectivity index (χ3v) is 6.44. The highest BCUT2D eigenvalue weighted by atomic mass is 79.9. The number of halogens is 1. The zero-order chi connectivity index (χ0) is 14.3. The van der Waals surface area contributed by atoms with E-state index in [9.17, 15) is 4.79 Å². The zero-order valence-electron chi connectivity index (χ0n) is 12.8. The normalized spacial score (nSPS) is 39.0. The summed E-state index contributed by atoms with van der Waals surface area (Å²) < 4.78 is 0. The lowest BCUT2D eigenvalue weighted by Gasteiger charge is -2.53. The van der Waals surface area contributed by atoms with Gasteiger partial charge >= 0.3 is 0 Å². The molecule has 114 valence electrons. The van der Waals surface area contributed by atoms with Crippen LogP contribution in [0.1, 0.15) is 52.4 Å². The molecule has 4 saturated carbocycles. The van der Waals surface area contributed by atoms with Crippen LogP contribution in [0, 0.1) is 35.0 Å². The van der Waals surface area contributed by atoms with E-state index in [0.717, 1.165) is 30.1 Å². The Bertz CT molecular complexity index is 351. The second-order valence-electron chi connectivity index (χ2n) is 8.28. The van der Waals surface area contributed by atoms with Crippen molar-refractivity contribution in [3.63, 3.8) is 0 Å². The minimum atomic E-state index is 0.199. The quantitative estimate of drug-likeness (QED) is 0.752. The van der Waals surface area contributed by atoms with Gasteiger partial charge < -0.3 is 5.32 Å². The van der Waals surface area contributed by atoms with Crippen molar-refractivity contribution in [3.05, 3.63) is 0 Å². The second kappa shape index (κ2) is 5.62. The fraction of sp³-hybridized carbons (Fsp3) is 0.941. The number of alkyl halides is 1. The van der Waals surface area contributed by atoms with Crippen LogP contribution in [0.15, 0.2) is 0 Å². The van der Waals surface area contributed by atoms with Crippen LogP contribution in [0.25, 0.3) is 0 Å². The number of amides is 1. The molecule has 0 spiro atoms. The minimum absolute atomic E-state index is 0.199. The van der Waals surface area contributed by atoms with Crippen molar-refractivity contribution in [1.82, 2.24) is 5.32 Å². The number of carbonyl (C=O) groups excluding carboxylic acids is 1. The summed E-state index contributed by atoms with van der Waals surface area (Å²) in [7, 11) is 0. The maximum absolute atomic E-state index is 12.7. The van der Waals surface area contributed by atoms with Crippen molar-refractivity contribution in [3.8, 4) is 0 Å². The molecule has 1 amide bonds. The third-order valence-electron chi connectivity index (χ3n) is 6.04. The highest BCUT2D eigenvalue weighted by Gasteiger charge is 2.50. The van der Waals surface area contributed by atoms with Crippen molar-refractivity contribution in [2.24, 2.45) is 35.0 Å². The van der Waals surface area contributed by atoms with E-state index in [-0.39, 0.29) is 5.41 Å². The SMILES string of the molecule is CC(C)(CCBr)CNC(=O)C1C2CC3CC(C2)CC1C3. The molecule has 4 aliphatic rings. The van der Waals surface area contributed by atoms with Crippen molar-refractivity contribution in [2.75, 3.05) is 11.9 Å². The number of rotatable bonds is 5. The molecule has 0 radical (unpaired) electrons. The average Bonchev–Trinajstić information content (AvgIpc) is 2.35. The molecule has 3 heteroatoms. The predicted molar refractivity (Wildman–Crippen MR) is 85.7 cm³/mol. The van der Waals surface area contributed by atoms with E-state index in [1.165, 1.54) is 32.1 Å². The van der Waals surface area contributed by atoms with Crippen molar-refractivity contribution >= 4 is 21.8 Å². The van der Waals surface area contributed by atoms with Crippen LogP contribution in [-0.2, 0) is 4.79 Å². The summed E-state index contributed by atoms with van der Waals surface area (Å²) in [6.07, 6.45) is 7.88. The number of nitrogens with one attached hydrogen (secondary N) is 1. The van der Waals surface area contributed by atoms with Crippen molar-refractivity contribution in [1.29, 1.82) is 0 Å². The molecule has 4 bridgehead atoms. The van der Waals surface area contributed by atoms with Gasteiger partial charge in [0.1, 0.15) is 0 Å². The van der Waals surface area contributed by atoms with Crippen LogP contribution >= 0.6 is 15.9 Å². The fourth-order valence-corrected chi connectivity index (χ4v) is 6.22. The average molecular weight is 342 g/mol. The van der Waals surface area contributed by atoms with E-state index in [0.29, 0.717) is 23.7 Å². The lowest BCUT2D eigenvalue weighted by atomic mass is 9.51. The molecule has 1 N–H and O–H groups in total. The van der Waals surface area contributed by atoms with E-state index in [1.807, 2.05) is 0 Å². The molecule has 0 aromatic carbocycles. The summed E-state index contributed by atoms with van der Waals surface area (Å²) in [5.41, 5.74) is 0.199.